The van der Waals surface area contributed by atoms with E-state index in [1.165, 1.54) is 12.1 Å². The molecular weight excluding hydrogens is 297 g/mol. The van der Waals surface area contributed by atoms with Crippen molar-refractivity contribution in [2.75, 3.05) is 0 Å². The van der Waals surface area contributed by atoms with Gasteiger partial charge >= 0.3 is 5.97 Å². The number of carboxylic acid groups (broad SMARTS) is 1. The summed E-state index contributed by atoms with van der Waals surface area (Å²) in [4.78, 5) is 11.1. The SMILES string of the molecule is Cn1c(O)c(CC(=O)O)c2c(Cc3cccc(F)c3)cccc21. The fourth-order valence-electron chi connectivity index (χ4n) is 2.98. The second kappa shape index (κ2) is 5.76. The summed E-state index contributed by atoms with van der Waals surface area (Å²) in [5.74, 6) is -1.36. The number of hydrogen-bond acceptors (Lipinski definition) is 2. The standard InChI is InChI=1S/C18H16FNO3/c1-20-15-7-3-5-12(8-11-4-2-6-13(19)9-11)17(15)14(18(20)23)10-16(21)22/h2-7,9,23H,8,10H2,1H3,(H,21,22). The smallest absolute Gasteiger partial charge is 0.308 e. The predicted octanol–water partition coefficient (Wildman–Crippen LogP) is 3.24. The molecule has 0 fully saturated rings. The Hall–Kier alpha value is -2.82. The van der Waals surface area contributed by atoms with Crippen LogP contribution in [0.1, 0.15) is 16.7 Å². The number of fused-ring (bicyclic) bond motifs is 1. The number of hydrogen-bond donors (Lipinski definition) is 2. The van der Waals surface area contributed by atoms with Crippen LogP contribution in [-0.2, 0) is 24.7 Å². The van der Waals surface area contributed by atoms with Gasteiger partial charge in [-0.25, -0.2) is 4.39 Å². The molecule has 0 amide bonds. The highest BCUT2D eigenvalue weighted by Gasteiger charge is 2.19. The number of benzene rings is 2. The number of halogens is 1. The maximum absolute atomic E-state index is 13.4. The van der Waals surface area contributed by atoms with Gasteiger partial charge in [-0.05, 0) is 35.7 Å². The van der Waals surface area contributed by atoms with Crippen LogP contribution in [0.2, 0.25) is 0 Å². The molecule has 0 saturated carbocycles. The van der Waals surface area contributed by atoms with Crippen molar-refractivity contribution in [2.24, 2.45) is 7.05 Å². The molecule has 0 bridgehead atoms. The number of aliphatic carboxylic acids is 1. The fraction of sp³-hybridized carbons (Fsp3) is 0.167. The van der Waals surface area contributed by atoms with Crippen molar-refractivity contribution in [1.29, 1.82) is 0 Å². The third-order valence-corrected chi connectivity index (χ3v) is 3.99. The first-order valence-electron chi connectivity index (χ1n) is 7.21. The van der Waals surface area contributed by atoms with Crippen LogP contribution in [-0.4, -0.2) is 20.7 Å². The van der Waals surface area contributed by atoms with Crippen molar-refractivity contribution in [2.45, 2.75) is 12.8 Å². The first-order chi connectivity index (χ1) is 11.0. The summed E-state index contributed by atoms with van der Waals surface area (Å²) in [6.45, 7) is 0. The van der Waals surface area contributed by atoms with Gasteiger partial charge < -0.3 is 14.8 Å². The normalized spacial score (nSPS) is 11.0. The van der Waals surface area contributed by atoms with Gasteiger partial charge in [0.05, 0.1) is 11.9 Å². The molecule has 1 heterocycles. The zero-order chi connectivity index (χ0) is 16.6. The summed E-state index contributed by atoms with van der Waals surface area (Å²) >= 11 is 0. The number of aryl methyl sites for hydroxylation is 1. The third kappa shape index (κ3) is 2.77. The molecule has 0 unspecified atom stereocenters. The van der Waals surface area contributed by atoms with Gasteiger partial charge in [0.1, 0.15) is 5.82 Å². The number of aromatic hydroxyl groups is 1. The van der Waals surface area contributed by atoms with E-state index in [4.69, 9.17) is 5.11 Å². The van der Waals surface area contributed by atoms with Crippen LogP contribution in [0.5, 0.6) is 5.88 Å². The summed E-state index contributed by atoms with van der Waals surface area (Å²) in [6, 6.07) is 11.9. The Balaban J connectivity index is 2.17. The van der Waals surface area contributed by atoms with Crippen molar-refractivity contribution in [3.63, 3.8) is 0 Å². The van der Waals surface area contributed by atoms with E-state index in [1.807, 2.05) is 24.3 Å². The van der Waals surface area contributed by atoms with Crippen LogP contribution in [0.4, 0.5) is 4.39 Å². The van der Waals surface area contributed by atoms with E-state index in [1.54, 1.807) is 17.7 Å². The maximum Gasteiger partial charge on any atom is 0.308 e. The fourth-order valence-corrected chi connectivity index (χ4v) is 2.98. The van der Waals surface area contributed by atoms with E-state index in [-0.39, 0.29) is 18.1 Å². The average molecular weight is 313 g/mol. The first kappa shape index (κ1) is 15.1. The Bertz CT molecular complexity index is 899. The van der Waals surface area contributed by atoms with Gasteiger partial charge in [0, 0.05) is 18.0 Å². The Morgan fingerprint density at radius 3 is 2.65 bits per heavy atom. The third-order valence-electron chi connectivity index (χ3n) is 3.99. The zero-order valence-corrected chi connectivity index (χ0v) is 12.6. The van der Waals surface area contributed by atoms with E-state index < -0.39 is 5.97 Å². The summed E-state index contributed by atoms with van der Waals surface area (Å²) in [6.07, 6.45) is 0.203. The maximum atomic E-state index is 13.4. The van der Waals surface area contributed by atoms with Gasteiger partial charge in [-0.2, -0.15) is 0 Å². The van der Waals surface area contributed by atoms with Gasteiger partial charge in [-0.1, -0.05) is 24.3 Å². The lowest BCUT2D eigenvalue weighted by Gasteiger charge is -2.06. The molecule has 0 aliphatic carbocycles. The van der Waals surface area contributed by atoms with Crippen molar-refractivity contribution in [3.05, 3.63) is 65.0 Å². The minimum atomic E-state index is -1.01. The molecule has 4 nitrogen and oxygen atoms in total. The average Bonchev–Trinajstić information content (AvgIpc) is 2.73. The highest BCUT2D eigenvalue weighted by Crippen LogP contribution is 2.34. The van der Waals surface area contributed by atoms with Crippen LogP contribution < -0.4 is 0 Å². The highest BCUT2D eigenvalue weighted by atomic mass is 19.1. The number of carbonyl (C=O) groups is 1. The lowest BCUT2D eigenvalue weighted by atomic mass is 9.98. The predicted molar refractivity (Wildman–Crippen MR) is 85.1 cm³/mol. The Kier molecular flexibility index (Phi) is 3.78. The van der Waals surface area contributed by atoms with Gasteiger partial charge in [0.2, 0.25) is 0 Å². The lowest BCUT2D eigenvalue weighted by molar-refractivity contribution is -0.136. The molecule has 23 heavy (non-hydrogen) atoms. The topological polar surface area (TPSA) is 62.5 Å². The zero-order valence-electron chi connectivity index (χ0n) is 12.6. The molecule has 2 aromatic carbocycles. The Morgan fingerprint density at radius 1 is 1.22 bits per heavy atom. The number of nitrogens with zero attached hydrogens (tertiary/aromatic N) is 1. The number of rotatable bonds is 4. The van der Waals surface area contributed by atoms with Crippen molar-refractivity contribution in [3.8, 4) is 5.88 Å². The van der Waals surface area contributed by atoms with Gasteiger partial charge in [-0.15, -0.1) is 0 Å². The quantitative estimate of drug-likeness (QED) is 0.777. The van der Waals surface area contributed by atoms with Crippen LogP contribution in [0.3, 0.4) is 0 Å². The van der Waals surface area contributed by atoms with E-state index >= 15 is 0 Å². The monoisotopic (exact) mass is 313 g/mol. The van der Waals surface area contributed by atoms with Gasteiger partial charge in [0.15, 0.2) is 5.88 Å². The minimum Gasteiger partial charge on any atom is -0.494 e. The van der Waals surface area contributed by atoms with E-state index in [0.717, 1.165) is 22.0 Å². The molecule has 0 atom stereocenters. The molecule has 0 radical (unpaired) electrons. The summed E-state index contributed by atoms with van der Waals surface area (Å²) < 4.78 is 15.0. The molecule has 5 heteroatoms. The van der Waals surface area contributed by atoms with Crippen LogP contribution >= 0.6 is 0 Å². The van der Waals surface area contributed by atoms with Crippen LogP contribution in [0.25, 0.3) is 10.9 Å². The van der Waals surface area contributed by atoms with Crippen LogP contribution in [0, 0.1) is 5.82 Å². The van der Waals surface area contributed by atoms with Gasteiger partial charge in [0.25, 0.3) is 0 Å². The molecule has 0 saturated heterocycles. The van der Waals surface area contributed by atoms with Crippen LogP contribution in [0.15, 0.2) is 42.5 Å². The van der Waals surface area contributed by atoms with E-state index in [9.17, 15) is 14.3 Å². The molecule has 3 rings (SSSR count). The second-order valence-corrected chi connectivity index (χ2v) is 5.55. The van der Waals surface area contributed by atoms with Crippen molar-refractivity contribution < 1.29 is 19.4 Å². The molecule has 2 N–H and O–H groups in total. The van der Waals surface area contributed by atoms with E-state index in [2.05, 4.69) is 0 Å². The van der Waals surface area contributed by atoms with Crippen molar-refractivity contribution >= 4 is 16.9 Å². The molecular formula is C18H16FNO3. The Labute approximate surface area is 132 Å². The molecule has 0 spiro atoms. The summed E-state index contributed by atoms with van der Waals surface area (Å²) in [5, 5.41) is 20.1. The number of carboxylic acids is 1. The molecule has 0 aliphatic heterocycles. The highest BCUT2D eigenvalue weighted by molar-refractivity contribution is 5.93. The number of aromatic nitrogens is 1. The molecule has 3 aromatic rings. The van der Waals surface area contributed by atoms with Gasteiger partial charge in [-0.3, -0.25) is 4.79 Å². The minimum absolute atomic E-state index is 0.0471. The molecule has 1 aromatic heterocycles. The lowest BCUT2D eigenvalue weighted by Crippen LogP contribution is -2.01. The largest absolute Gasteiger partial charge is 0.494 e. The Morgan fingerprint density at radius 2 is 1.96 bits per heavy atom. The first-order valence-corrected chi connectivity index (χ1v) is 7.21. The molecule has 0 aliphatic rings. The summed E-state index contributed by atoms with van der Waals surface area (Å²) in [5.41, 5.74) is 2.80. The molecule has 118 valence electrons. The summed E-state index contributed by atoms with van der Waals surface area (Å²) in [7, 11) is 1.69. The second-order valence-electron chi connectivity index (χ2n) is 5.55. The van der Waals surface area contributed by atoms with E-state index in [0.29, 0.717) is 12.0 Å². The van der Waals surface area contributed by atoms with Crippen molar-refractivity contribution in [1.82, 2.24) is 4.57 Å².